The molecule has 1 fully saturated rings. The van der Waals surface area contributed by atoms with Gasteiger partial charge in [-0.05, 0) is 42.5 Å². The first-order chi connectivity index (χ1) is 7.16. The van der Waals surface area contributed by atoms with Gasteiger partial charge in [0.1, 0.15) is 5.82 Å². The van der Waals surface area contributed by atoms with Gasteiger partial charge in [0.05, 0.1) is 0 Å². The van der Waals surface area contributed by atoms with Crippen molar-refractivity contribution in [3.63, 3.8) is 0 Å². The van der Waals surface area contributed by atoms with Crippen molar-refractivity contribution in [1.82, 2.24) is 0 Å². The van der Waals surface area contributed by atoms with Crippen LogP contribution in [0.25, 0.3) is 0 Å². The summed E-state index contributed by atoms with van der Waals surface area (Å²) < 4.78 is 14.0. The van der Waals surface area contributed by atoms with E-state index in [1.807, 2.05) is 6.07 Å². The maximum absolute atomic E-state index is 13.2. The molecule has 2 N–H and O–H groups in total. The van der Waals surface area contributed by atoms with E-state index < -0.39 is 0 Å². The summed E-state index contributed by atoms with van der Waals surface area (Å²) in [5, 5.41) is 0. The molecule has 1 nitrogen and oxygen atoms in total. The van der Waals surface area contributed by atoms with Crippen molar-refractivity contribution >= 4 is 28.3 Å². The quantitative estimate of drug-likeness (QED) is 0.870. The van der Waals surface area contributed by atoms with Crippen molar-refractivity contribution in [2.45, 2.75) is 31.7 Å². The molecule has 0 bridgehead atoms. The molecule has 1 saturated carbocycles. The second-order valence-corrected chi connectivity index (χ2v) is 5.19. The van der Waals surface area contributed by atoms with Gasteiger partial charge >= 0.3 is 0 Å². The second-order valence-electron chi connectivity index (χ2n) is 4.27. The lowest BCUT2D eigenvalue weighted by Crippen LogP contribution is -2.19. The third kappa shape index (κ3) is 3.19. The largest absolute Gasteiger partial charge is 0.324 e. The minimum atomic E-state index is -0.215. The van der Waals surface area contributed by atoms with Crippen LogP contribution in [0.4, 0.5) is 4.39 Å². The Hall–Kier alpha value is -0.120. The van der Waals surface area contributed by atoms with E-state index in [1.165, 1.54) is 31.7 Å². The smallest absolute Gasteiger partial charge is 0.124 e. The van der Waals surface area contributed by atoms with Gasteiger partial charge in [0, 0.05) is 10.5 Å². The molecule has 0 aliphatic heterocycles. The summed E-state index contributed by atoms with van der Waals surface area (Å²) in [5.74, 6) is 0.312. The molecule has 1 aliphatic rings. The summed E-state index contributed by atoms with van der Waals surface area (Å²) in [4.78, 5) is 0. The van der Waals surface area contributed by atoms with Gasteiger partial charge in [-0.2, -0.15) is 0 Å². The zero-order valence-corrected chi connectivity index (χ0v) is 11.4. The van der Waals surface area contributed by atoms with Gasteiger partial charge < -0.3 is 5.73 Å². The lowest BCUT2D eigenvalue weighted by molar-refractivity contribution is 0.443. The average molecular weight is 309 g/mol. The maximum atomic E-state index is 13.2. The van der Waals surface area contributed by atoms with Crippen LogP contribution in [-0.4, -0.2) is 0 Å². The molecule has 4 heteroatoms. The zero-order chi connectivity index (χ0) is 10.8. The van der Waals surface area contributed by atoms with E-state index in [2.05, 4.69) is 15.9 Å². The van der Waals surface area contributed by atoms with Crippen LogP contribution in [0.2, 0.25) is 0 Å². The first kappa shape index (κ1) is 13.9. The minimum absolute atomic E-state index is 0. The van der Waals surface area contributed by atoms with E-state index in [0.717, 1.165) is 10.0 Å². The Balaban J connectivity index is 0.00000128. The number of halogens is 3. The molecule has 0 heterocycles. The predicted molar refractivity (Wildman–Crippen MR) is 70.2 cm³/mol. The van der Waals surface area contributed by atoms with Gasteiger partial charge in [0.25, 0.3) is 0 Å². The highest BCUT2D eigenvalue weighted by atomic mass is 79.9. The second kappa shape index (κ2) is 5.99. The molecule has 90 valence electrons. The van der Waals surface area contributed by atoms with Crippen LogP contribution in [0.5, 0.6) is 0 Å². The summed E-state index contributed by atoms with van der Waals surface area (Å²) >= 11 is 3.29. The van der Waals surface area contributed by atoms with E-state index in [-0.39, 0.29) is 24.3 Å². The summed E-state index contributed by atoms with van der Waals surface area (Å²) in [6, 6.07) is 4.92. The van der Waals surface area contributed by atoms with Gasteiger partial charge in [-0.1, -0.05) is 28.8 Å². The SMILES string of the molecule is Cl.N[C@@H](c1cc(F)cc(Br)c1)C1CCCC1. The number of hydrogen-bond acceptors (Lipinski definition) is 1. The zero-order valence-electron chi connectivity index (χ0n) is 8.96. The molecular weight excluding hydrogens is 292 g/mol. The number of hydrogen-bond donors (Lipinski definition) is 1. The summed E-state index contributed by atoms with van der Waals surface area (Å²) in [7, 11) is 0. The number of benzene rings is 1. The standard InChI is InChI=1S/C12H15BrFN.ClH/c13-10-5-9(6-11(14)7-10)12(15)8-3-1-2-4-8;/h5-8,12H,1-4,15H2;1H/t12-;/m1./s1. The van der Waals surface area contributed by atoms with Gasteiger partial charge in [-0.25, -0.2) is 4.39 Å². The lowest BCUT2D eigenvalue weighted by Gasteiger charge is -2.19. The minimum Gasteiger partial charge on any atom is -0.324 e. The normalized spacial score (nSPS) is 18.2. The molecule has 2 rings (SSSR count). The van der Waals surface area contributed by atoms with Crippen molar-refractivity contribution in [2.75, 3.05) is 0 Å². The highest BCUT2D eigenvalue weighted by Gasteiger charge is 2.23. The van der Waals surface area contributed by atoms with Crippen LogP contribution in [0.1, 0.15) is 37.3 Å². The molecule has 0 saturated heterocycles. The summed E-state index contributed by atoms with van der Waals surface area (Å²) in [5.41, 5.74) is 7.06. The first-order valence-corrected chi connectivity index (χ1v) is 6.17. The van der Waals surface area contributed by atoms with Gasteiger partial charge in [0.15, 0.2) is 0 Å². The number of nitrogens with two attached hydrogens (primary N) is 1. The van der Waals surface area contributed by atoms with Crippen molar-refractivity contribution in [3.05, 3.63) is 34.1 Å². The molecule has 1 atom stereocenters. The molecule has 0 radical (unpaired) electrons. The number of rotatable bonds is 2. The average Bonchev–Trinajstić information content (AvgIpc) is 2.67. The summed E-state index contributed by atoms with van der Waals surface area (Å²) in [6.45, 7) is 0. The van der Waals surface area contributed by atoms with Crippen LogP contribution in [0.15, 0.2) is 22.7 Å². The molecule has 0 aromatic heterocycles. The van der Waals surface area contributed by atoms with Crippen molar-refractivity contribution in [1.29, 1.82) is 0 Å². The summed E-state index contributed by atoms with van der Waals surface area (Å²) in [6.07, 6.45) is 4.87. The monoisotopic (exact) mass is 307 g/mol. The fourth-order valence-electron chi connectivity index (χ4n) is 2.36. The Morgan fingerprint density at radius 1 is 1.25 bits per heavy atom. The Labute approximate surface area is 110 Å². The highest BCUT2D eigenvalue weighted by molar-refractivity contribution is 9.10. The van der Waals surface area contributed by atoms with Crippen LogP contribution < -0.4 is 5.73 Å². The molecule has 1 aromatic carbocycles. The van der Waals surface area contributed by atoms with Crippen molar-refractivity contribution in [2.24, 2.45) is 11.7 Å². The van der Waals surface area contributed by atoms with Crippen LogP contribution in [0.3, 0.4) is 0 Å². The topological polar surface area (TPSA) is 26.0 Å². The van der Waals surface area contributed by atoms with E-state index in [4.69, 9.17) is 5.73 Å². The Bertz CT molecular complexity index is 333. The molecule has 1 aromatic rings. The van der Waals surface area contributed by atoms with E-state index >= 15 is 0 Å². The fourth-order valence-corrected chi connectivity index (χ4v) is 2.84. The third-order valence-corrected chi connectivity index (χ3v) is 3.64. The fraction of sp³-hybridized carbons (Fsp3) is 0.500. The van der Waals surface area contributed by atoms with Crippen LogP contribution in [-0.2, 0) is 0 Å². The van der Waals surface area contributed by atoms with Gasteiger partial charge in [-0.3, -0.25) is 0 Å². The van der Waals surface area contributed by atoms with E-state index in [9.17, 15) is 4.39 Å². The van der Waals surface area contributed by atoms with E-state index in [0.29, 0.717) is 5.92 Å². The maximum Gasteiger partial charge on any atom is 0.124 e. The highest BCUT2D eigenvalue weighted by Crippen LogP contribution is 2.35. The van der Waals surface area contributed by atoms with Gasteiger partial charge in [0.2, 0.25) is 0 Å². The van der Waals surface area contributed by atoms with Crippen LogP contribution in [0, 0.1) is 11.7 Å². The van der Waals surface area contributed by atoms with E-state index in [1.54, 1.807) is 6.07 Å². The third-order valence-electron chi connectivity index (χ3n) is 3.18. The van der Waals surface area contributed by atoms with Gasteiger partial charge in [-0.15, -0.1) is 12.4 Å². The molecule has 16 heavy (non-hydrogen) atoms. The molecule has 1 aliphatic carbocycles. The Morgan fingerprint density at radius 2 is 1.88 bits per heavy atom. The van der Waals surface area contributed by atoms with Crippen LogP contribution >= 0.6 is 28.3 Å². The Kier molecular flexibility index (Phi) is 5.22. The Morgan fingerprint density at radius 3 is 2.44 bits per heavy atom. The van der Waals surface area contributed by atoms with Crippen molar-refractivity contribution in [3.8, 4) is 0 Å². The molecule has 0 unspecified atom stereocenters. The first-order valence-electron chi connectivity index (χ1n) is 5.38. The molecular formula is C12H16BrClFN. The molecule has 0 amide bonds. The van der Waals surface area contributed by atoms with Crippen molar-refractivity contribution < 1.29 is 4.39 Å². The lowest BCUT2D eigenvalue weighted by atomic mass is 9.92. The predicted octanol–water partition coefficient (Wildman–Crippen LogP) is 4.20. The molecule has 0 spiro atoms.